The Labute approximate surface area is 153 Å². The average Bonchev–Trinajstić information content (AvgIpc) is 2.55. The third kappa shape index (κ3) is 5.95. The number of carbonyl (C=O) groups is 1. The molecule has 1 aliphatic heterocycles. The van der Waals surface area contributed by atoms with Crippen LogP contribution in [0, 0.1) is 5.92 Å². The van der Waals surface area contributed by atoms with E-state index in [1.54, 1.807) is 11.8 Å². The predicted molar refractivity (Wildman–Crippen MR) is 99.8 cm³/mol. The molecular weight excluding hydrogens is 368 g/mol. The van der Waals surface area contributed by atoms with Gasteiger partial charge in [0, 0.05) is 42.1 Å². The Morgan fingerprint density at radius 3 is 2.62 bits per heavy atom. The number of piperidine rings is 1. The van der Waals surface area contributed by atoms with Crippen molar-refractivity contribution < 1.29 is 13.2 Å². The number of halogens is 1. The molecule has 0 saturated carbocycles. The highest BCUT2D eigenvalue weighted by Gasteiger charge is 2.28. The van der Waals surface area contributed by atoms with E-state index in [0.29, 0.717) is 32.5 Å². The summed E-state index contributed by atoms with van der Waals surface area (Å²) in [5.41, 5.74) is 1.10. The van der Waals surface area contributed by atoms with Crippen LogP contribution in [-0.4, -0.2) is 50.3 Å². The highest BCUT2D eigenvalue weighted by atomic mass is 35.5. The molecule has 24 heavy (non-hydrogen) atoms. The molecule has 1 aromatic rings. The Balaban J connectivity index is 1.63. The maximum absolute atomic E-state index is 12.1. The number of thioether (sulfide) groups is 1. The molecule has 1 aliphatic rings. The molecule has 0 radical (unpaired) electrons. The number of rotatable bonds is 7. The lowest BCUT2D eigenvalue weighted by molar-refractivity contribution is -0.125. The summed E-state index contributed by atoms with van der Waals surface area (Å²) in [6.45, 7) is 1.47. The summed E-state index contributed by atoms with van der Waals surface area (Å²) in [6.07, 6.45) is 2.39. The van der Waals surface area contributed by atoms with Crippen LogP contribution in [0.25, 0.3) is 0 Å². The number of hydrogen-bond donors (Lipinski definition) is 1. The number of carbonyl (C=O) groups excluding carboxylic acids is 1. The number of nitrogens with one attached hydrogen (secondary N) is 1. The summed E-state index contributed by atoms with van der Waals surface area (Å²) in [7, 11) is -3.14. The minimum Gasteiger partial charge on any atom is -0.355 e. The Bertz CT molecular complexity index is 659. The van der Waals surface area contributed by atoms with Crippen LogP contribution in [0.4, 0.5) is 0 Å². The number of amides is 1. The SMILES string of the molecule is CS(=O)(=O)N1CCC(C(=O)NCCSCc2ccccc2Cl)CC1. The Morgan fingerprint density at radius 1 is 1.33 bits per heavy atom. The van der Waals surface area contributed by atoms with Gasteiger partial charge in [-0.3, -0.25) is 4.79 Å². The molecule has 0 atom stereocenters. The number of hydrogen-bond acceptors (Lipinski definition) is 4. The second-order valence-electron chi connectivity index (χ2n) is 5.87. The third-order valence-electron chi connectivity index (χ3n) is 4.05. The van der Waals surface area contributed by atoms with E-state index >= 15 is 0 Å². The molecule has 2 rings (SSSR count). The molecule has 1 saturated heterocycles. The van der Waals surface area contributed by atoms with Gasteiger partial charge in [0.15, 0.2) is 0 Å². The van der Waals surface area contributed by atoms with Crippen molar-refractivity contribution >= 4 is 39.3 Å². The van der Waals surface area contributed by atoms with Gasteiger partial charge >= 0.3 is 0 Å². The van der Waals surface area contributed by atoms with E-state index < -0.39 is 10.0 Å². The molecule has 0 aromatic heterocycles. The zero-order valence-corrected chi connectivity index (χ0v) is 16.1. The smallest absolute Gasteiger partial charge is 0.223 e. The van der Waals surface area contributed by atoms with Crippen molar-refractivity contribution in [3.63, 3.8) is 0 Å². The molecule has 1 heterocycles. The first-order valence-corrected chi connectivity index (χ1v) is 11.3. The van der Waals surface area contributed by atoms with Gasteiger partial charge in [-0.1, -0.05) is 29.8 Å². The van der Waals surface area contributed by atoms with Crippen LogP contribution >= 0.6 is 23.4 Å². The van der Waals surface area contributed by atoms with Gasteiger partial charge in [-0.2, -0.15) is 11.8 Å². The van der Waals surface area contributed by atoms with Crippen LogP contribution in [0.5, 0.6) is 0 Å². The van der Waals surface area contributed by atoms with Crippen molar-refractivity contribution in [1.29, 1.82) is 0 Å². The van der Waals surface area contributed by atoms with Gasteiger partial charge in [-0.15, -0.1) is 0 Å². The third-order valence-corrected chi connectivity index (χ3v) is 6.73. The van der Waals surface area contributed by atoms with Gasteiger partial charge in [-0.05, 0) is 24.5 Å². The first kappa shape index (κ1) is 19.6. The van der Waals surface area contributed by atoms with Gasteiger partial charge in [0.05, 0.1) is 6.26 Å². The summed E-state index contributed by atoms with van der Waals surface area (Å²) >= 11 is 7.83. The van der Waals surface area contributed by atoms with E-state index in [2.05, 4.69) is 5.32 Å². The van der Waals surface area contributed by atoms with Crippen LogP contribution in [-0.2, 0) is 20.6 Å². The minimum absolute atomic E-state index is 0.0292. The first-order valence-electron chi connectivity index (χ1n) is 7.92. The van der Waals surface area contributed by atoms with Gasteiger partial charge in [0.25, 0.3) is 0 Å². The Hall–Kier alpha value is -0.760. The number of sulfonamides is 1. The number of nitrogens with zero attached hydrogens (tertiary/aromatic N) is 1. The van der Waals surface area contributed by atoms with Gasteiger partial charge in [0.1, 0.15) is 0 Å². The lowest BCUT2D eigenvalue weighted by Crippen LogP contribution is -2.42. The summed E-state index contributed by atoms with van der Waals surface area (Å²) in [5, 5.41) is 3.72. The zero-order valence-electron chi connectivity index (χ0n) is 13.7. The summed E-state index contributed by atoms with van der Waals surface area (Å²) in [5.74, 6) is 1.58. The molecule has 0 bridgehead atoms. The highest BCUT2D eigenvalue weighted by Crippen LogP contribution is 2.21. The zero-order chi connectivity index (χ0) is 17.6. The van der Waals surface area contributed by atoms with E-state index in [-0.39, 0.29) is 11.8 Å². The van der Waals surface area contributed by atoms with E-state index in [1.165, 1.54) is 10.6 Å². The topological polar surface area (TPSA) is 66.5 Å². The second kappa shape index (κ2) is 9.08. The lowest BCUT2D eigenvalue weighted by Gasteiger charge is -2.29. The van der Waals surface area contributed by atoms with Crippen molar-refractivity contribution in [3.8, 4) is 0 Å². The largest absolute Gasteiger partial charge is 0.355 e. The van der Waals surface area contributed by atoms with Crippen LogP contribution in [0.1, 0.15) is 18.4 Å². The fourth-order valence-corrected chi connectivity index (χ4v) is 4.66. The highest BCUT2D eigenvalue weighted by molar-refractivity contribution is 7.98. The summed E-state index contributed by atoms with van der Waals surface area (Å²) < 4.78 is 24.4. The van der Waals surface area contributed by atoms with Gasteiger partial charge in [-0.25, -0.2) is 12.7 Å². The standard InChI is InChI=1S/C16H23ClN2O3S2/c1-24(21,22)19-9-6-13(7-10-19)16(20)18-8-11-23-12-14-4-2-3-5-15(14)17/h2-5,13H,6-12H2,1H3,(H,18,20). The predicted octanol–water partition coefficient (Wildman–Crippen LogP) is 2.36. The van der Waals surface area contributed by atoms with Gasteiger partial charge in [0.2, 0.25) is 15.9 Å². The summed E-state index contributed by atoms with van der Waals surface area (Å²) in [4.78, 5) is 12.1. The van der Waals surface area contributed by atoms with Crippen molar-refractivity contribution in [1.82, 2.24) is 9.62 Å². The molecule has 5 nitrogen and oxygen atoms in total. The van der Waals surface area contributed by atoms with E-state index in [0.717, 1.165) is 22.1 Å². The van der Waals surface area contributed by atoms with E-state index in [4.69, 9.17) is 11.6 Å². The molecule has 8 heteroatoms. The molecule has 0 unspecified atom stereocenters. The summed E-state index contributed by atoms with van der Waals surface area (Å²) in [6, 6.07) is 7.75. The average molecular weight is 391 g/mol. The fraction of sp³-hybridized carbons (Fsp3) is 0.562. The van der Waals surface area contributed by atoms with Crippen LogP contribution in [0.15, 0.2) is 24.3 Å². The fourth-order valence-electron chi connectivity index (χ4n) is 2.64. The lowest BCUT2D eigenvalue weighted by atomic mass is 9.97. The van der Waals surface area contributed by atoms with E-state index in [1.807, 2.05) is 24.3 Å². The number of benzene rings is 1. The maximum Gasteiger partial charge on any atom is 0.223 e. The molecule has 1 amide bonds. The normalized spacial score (nSPS) is 16.9. The first-order chi connectivity index (χ1) is 11.4. The quantitative estimate of drug-likeness (QED) is 0.726. The molecular formula is C16H23ClN2O3S2. The monoisotopic (exact) mass is 390 g/mol. The minimum atomic E-state index is -3.14. The van der Waals surface area contributed by atoms with Crippen LogP contribution in [0.2, 0.25) is 5.02 Å². The second-order valence-corrected chi connectivity index (χ2v) is 9.37. The molecule has 0 aliphatic carbocycles. The van der Waals surface area contributed by atoms with Crippen LogP contribution in [0.3, 0.4) is 0 Å². The molecule has 1 N–H and O–H groups in total. The van der Waals surface area contributed by atoms with Crippen molar-refractivity contribution in [2.24, 2.45) is 5.92 Å². The van der Waals surface area contributed by atoms with Crippen molar-refractivity contribution in [3.05, 3.63) is 34.9 Å². The molecule has 1 fully saturated rings. The van der Waals surface area contributed by atoms with Gasteiger partial charge < -0.3 is 5.32 Å². The van der Waals surface area contributed by atoms with Crippen molar-refractivity contribution in [2.75, 3.05) is 31.6 Å². The Morgan fingerprint density at radius 2 is 2.00 bits per heavy atom. The Kier molecular flexibility index (Phi) is 7.40. The molecule has 0 spiro atoms. The molecule has 1 aromatic carbocycles. The molecule has 134 valence electrons. The maximum atomic E-state index is 12.1. The van der Waals surface area contributed by atoms with Crippen LogP contribution < -0.4 is 5.32 Å². The van der Waals surface area contributed by atoms with Crippen molar-refractivity contribution in [2.45, 2.75) is 18.6 Å². The van der Waals surface area contributed by atoms with E-state index in [9.17, 15) is 13.2 Å².